The van der Waals surface area contributed by atoms with Gasteiger partial charge in [-0.05, 0) is 24.5 Å². The number of carbonyl (C=O) groups excluding carboxylic acids is 2. The summed E-state index contributed by atoms with van der Waals surface area (Å²) < 4.78 is 0. The van der Waals surface area contributed by atoms with E-state index in [2.05, 4.69) is 24.1 Å². The van der Waals surface area contributed by atoms with Gasteiger partial charge in [0, 0.05) is 37.8 Å². The Hall–Kier alpha value is -1.88. The number of carbonyl (C=O) groups is 2. The van der Waals surface area contributed by atoms with Gasteiger partial charge in [-0.3, -0.25) is 14.5 Å². The number of aryl methyl sites for hydroxylation is 1. The van der Waals surface area contributed by atoms with Crippen LogP contribution in [0.25, 0.3) is 0 Å². The second-order valence-corrected chi connectivity index (χ2v) is 6.85. The Kier molecular flexibility index (Phi) is 7.44. The molecule has 2 rings (SSSR count). The van der Waals surface area contributed by atoms with Gasteiger partial charge in [-0.15, -0.1) is 0 Å². The first-order chi connectivity index (χ1) is 12.0. The maximum absolute atomic E-state index is 12.4. The van der Waals surface area contributed by atoms with E-state index in [9.17, 15) is 9.59 Å². The van der Waals surface area contributed by atoms with E-state index in [1.165, 1.54) is 0 Å². The van der Waals surface area contributed by atoms with Crippen molar-refractivity contribution in [3.63, 3.8) is 0 Å². The fourth-order valence-electron chi connectivity index (χ4n) is 3.34. The maximum Gasteiger partial charge on any atom is 0.238 e. The summed E-state index contributed by atoms with van der Waals surface area (Å²) in [6.45, 7) is 9.53. The number of hydrogen-bond acceptors (Lipinski definition) is 3. The minimum absolute atomic E-state index is 0.0139. The Morgan fingerprint density at radius 1 is 1.12 bits per heavy atom. The van der Waals surface area contributed by atoms with E-state index in [0.29, 0.717) is 19.6 Å². The minimum Gasteiger partial charge on any atom is -0.340 e. The first kappa shape index (κ1) is 19.4. The lowest BCUT2D eigenvalue weighted by molar-refractivity contribution is -0.137. The van der Waals surface area contributed by atoms with Gasteiger partial charge in [0.15, 0.2) is 0 Å². The summed E-state index contributed by atoms with van der Waals surface area (Å²) in [6, 6.07) is 7.92. The number of benzene rings is 1. The molecule has 0 aromatic heterocycles. The van der Waals surface area contributed by atoms with Crippen LogP contribution in [0.3, 0.4) is 0 Å². The number of amides is 2. The molecule has 0 radical (unpaired) electrons. The molecule has 138 valence electrons. The molecule has 5 heteroatoms. The third-order valence-electron chi connectivity index (χ3n) is 4.87. The summed E-state index contributed by atoms with van der Waals surface area (Å²) >= 11 is 0. The molecular formula is C20H31N3O2. The lowest BCUT2D eigenvalue weighted by Crippen LogP contribution is -2.51. The van der Waals surface area contributed by atoms with Gasteiger partial charge < -0.3 is 10.2 Å². The summed E-state index contributed by atoms with van der Waals surface area (Å²) in [6.07, 6.45) is 2.87. The SMILES string of the molecule is CCCC(C)C(=O)N1CCN(CC(=O)Nc2ccccc2CC)CC1. The molecule has 1 N–H and O–H groups in total. The van der Waals surface area contributed by atoms with E-state index in [4.69, 9.17) is 0 Å². The number of hydrogen-bond donors (Lipinski definition) is 1. The highest BCUT2D eigenvalue weighted by Crippen LogP contribution is 2.16. The van der Waals surface area contributed by atoms with Crippen molar-refractivity contribution in [2.45, 2.75) is 40.0 Å². The number of nitrogens with one attached hydrogen (secondary N) is 1. The van der Waals surface area contributed by atoms with Crippen LogP contribution in [0.4, 0.5) is 5.69 Å². The van der Waals surface area contributed by atoms with E-state index in [-0.39, 0.29) is 17.7 Å². The lowest BCUT2D eigenvalue weighted by atomic mass is 10.0. The van der Waals surface area contributed by atoms with E-state index in [0.717, 1.165) is 43.6 Å². The summed E-state index contributed by atoms with van der Waals surface area (Å²) in [4.78, 5) is 28.7. The normalized spacial score (nSPS) is 16.5. The van der Waals surface area contributed by atoms with Crippen LogP contribution in [-0.4, -0.2) is 54.3 Å². The number of rotatable bonds is 7. The number of anilines is 1. The molecule has 1 aromatic carbocycles. The van der Waals surface area contributed by atoms with Crippen molar-refractivity contribution >= 4 is 17.5 Å². The Labute approximate surface area is 151 Å². The Morgan fingerprint density at radius 2 is 1.80 bits per heavy atom. The average molecular weight is 345 g/mol. The molecule has 1 aromatic rings. The quantitative estimate of drug-likeness (QED) is 0.827. The molecular weight excluding hydrogens is 314 g/mol. The van der Waals surface area contributed by atoms with E-state index < -0.39 is 0 Å². The molecule has 0 spiro atoms. The van der Waals surface area contributed by atoms with Gasteiger partial charge in [-0.1, -0.05) is 45.4 Å². The Bertz CT molecular complexity index is 580. The summed E-state index contributed by atoms with van der Waals surface area (Å²) in [5.74, 6) is 0.369. The van der Waals surface area contributed by atoms with Gasteiger partial charge in [0.1, 0.15) is 0 Å². The second-order valence-electron chi connectivity index (χ2n) is 6.85. The zero-order valence-electron chi connectivity index (χ0n) is 15.8. The predicted octanol–water partition coefficient (Wildman–Crippen LogP) is 2.77. The molecule has 1 aliphatic rings. The zero-order chi connectivity index (χ0) is 18.2. The minimum atomic E-state index is 0.0139. The molecule has 25 heavy (non-hydrogen) atoms. The fourth-order valence-corrected chi connectivity index (χ4v) is 3.34. The van der Waals surface area contributed by atoms with Crippen LogP contribution in [0.5, 0.6) is 0 Å². The molecule has 1 atom stereocenters. The van der Waals surface area contributed by atoms with Crippen molar-refractivity contribution < 1.29 is 9.59 Å². The van der Waals surface area contributed by atoms with Gasteiger partial charge in [-0.25, -0.2) is 0 Å². The molecule has 1 unspecified atom stereocenters. The Morgan fingerprint density at radius 3 is 2.44 bits per heavy atom. The molecule has 1 saturated heterocycles. The van der Waals surface area contributed by atoms with Crippen molar-refractivity contribution in [1.29, 1.82) is 0 Å². The molecule has 2 amide bonds. The third kappa shape index (κ3) is 5.56. The standard InChI is InChI=1S/C20H31N3O2/c1-4-8-16(3)20(25)23-13-11-22(12-14-23)15-19(24)21-18-10-7-6-9-17(18)5-2/h6-7,9-10,16H,4-5,8,11-15H2,1-3H3,(H,21,24). The largest absolute Gasteiger partial charge is 0.340 e. The summed E-state index contributed by atoms with van der Waals surface area (Å²) in [5.41, 5.74) is 2.05. The summed E-state index contributed by atoms with van der Waals surface area (Å²) in [5, 5.41) is 3.02. The van der Waals surface area contributed by atoms with Crippen LogP contribution >= 0.6 is 0 Å². The second kappa shape index (κ2) is 9.56. The molecule has 0 aliphatic carbocycles. The molecule has 1 fully saturated rings. The molecule has 5 nitrogen and oxygen atoms in total. The van der Waals surface area contributed by atoms with Crippen molar-refractivity contribution in [3.8, 4) is 0 Å². The van der Waals surface area contributed by atoms with Crippen molar-refractivity contribution in [3.05, 3.63) is 29.8 Å². The maximum atomic E-state index is 12.4. The van der Waals surface area contributed by atoms with Crippen LogP contribution in [0.2, 0.25) is 0 Å². The van der Waals surface area contributed by atoms with Crippen molar-refractivity contribution in [2.24, 2.45) is 5.92 Å². The van der Waals surface area contributed by atoms with Crippen LogP contribution in [0, 0.1) is 5.92 Å². The molecule has 0 saturated carbocycles. The highest BCUT2D eigenvalue weighted by atomic mass is 16.2. The zero-order valence-corrected chi connectivity index (χ0v) is 15.8. The van der Waals surface area contributed by atoms with Crippen LogP contribution < -0.4 is 5.32 Å². The van der Waals surface area contributed by atoms with E-state index >= 15 is 0 Å². The fraction of sp³-hybridized carbons (Fsp3) is 0.600. The van der Waals surface area contributed by atoms with Crippen LogP contribution in [0.1, 0.15) is 39.2 Å². The van der Waals surface area contributed by atoms with E-state index in [1.807, 2.05) is 36.1 Å². The van der Waals surface area contributed by atoms with Gasteiger partial charge in [0.05, 0.1) is 6.54 Å². The van der Waals surface area contributed by atoms with Crippen molar-refractivity contribution in [2.75, 3.05) is 38.0 Å². The molecule has 1 heterocycles. The highest BCUT2D eigenvalue weighted by Gasteiger charge is 2.25. The predicted molar refractivity (Wildman–Crippen MR) is 102 cm³/mol. The van der Waals surface area contributed by atoms with Crippen LogP contribution in [0.15, 0.2) is 24.3 Å². The van der Waals surface area contributed by atoms with Crippen molar-refractivity contribution in [1.82, 2.24) is 9.80 Å². The van der Waals surface area contributed by atoms with Gasteiger partial charge in [-0.2, -0.15) is 0 Å². The first-order valence-electron chi connectivity index (χ1n) is 9.44. The smallest absolute Gasteiger partial charge is 0.238 e. The van der Waals surface area contributed by atoms with E-state index in [1.54, 1.807) is 0 Å². The van der Waals surface area contributed by atoms with Gasteiger partial charge >= 0.3 is 0 Å². The number of nitrogens with zero attached hydrogens (tertiary/aromatic N) is 2. The molecule has 0 bridgehead atoms. The summed E-state index contributed by atoms with van der Waals surface area (Å²) in [7, 11) is 0. The topological polar surface area (TPSA) is 52.7 Å². The lowest BCUT2D eigenvalue weighted by Gasteiger charge is -2.35. The Balaban J connectivity index is 1.79. The average Bonchev–Trinajstić information content (AvgIpc) is 2.62. The van der Waals surface area contributed by atoms with Gasteiger partial charge in [0.2, 0.25) is 11.8 Å². The van der Waals surface area contributed by atoms with Crippen LogP contribution in [-0.2, 0) is 16.0 Å². The molecule has 1 aliphatic heterocycles. The highest BCUT2D eigenvalue weighted by molar-refractivity contribution is 5.93. The third-order valence-corrected chi connectivity index (χ3v) is 4.87. The van der Waals surface area contributed by atoms with Gasteiger partial charge in [0.25, 0.3) is 0 Å². The monoisotopic (exact) mass is 345 g/mol. The first-order valence-corrected chi connectivity index (χ1v) is 9.44. The number of piperazine rings is 1. The number of para-hydroxylation sites is 1.